The van der Waals surface area contributed by atoms with Crippen molar-refractivity contribution in [1.82, 2.24) is 4.90 Å². The first-order valence-corrected chi connectivity index (χ1v) is 13.8. The summed E-state index contributed by atoms with van der Waals surface area (Å²) in [6.45, 7) is 1.01. The highest BCUT2D eigenvalue weighted by molar-refractivity contribution is 8.15. The van der Waals surface area contributed by atoms with Crippen LogP contribution < -0.4 is 5.32 Å². The Balaban J connectivity index is 1.34. The number of rotatable bonds is 6. The zero-order valence-electron chi connectivity index (χ0n) is 18.5. The lowest BCUT2D eigenvalue weighted by atomic mass is 10.1. The second-order valence-corrected chi connectivity index (χ2v) is 12.0. The maximum Gasteiger partial charge on any atom is 0.254 e. The molecule has 0 spiro atoms. The van der Waals surface area contributed by atoms with Crippen LogP contribution >= 0.6 is 11.8 Å². The van der Waals surface area contributed by atoms with Crippen molar-refractivity contribution in [3.05, 3.63) is 102 Å². The zero-order chi connectivity index (χ0) is 23.5. The van der Waals surface area contributed by atoms with Gasteiger partial charge in [-0.3, -0.25) is 9.79 Å². The molecule has 5 rings (SSSR count). The van der Waals surface area contributed by atoms with Crippen LogP contribution in [0.25, 0.3) is 0 Å². The number of sulfone groups is 1. The van der Waals surface area contributed by atoms with Crippen molar-refractivity contribution in [3.8, 4) is 0 Å². The molecule has 2 heterocycles. The third-order valence-electron chi connectivity index (χ3n) is 5.90. The van der Waals surface area contributed by atoms with Crippen molar-refractivity contribution >= 4 is 38.4 Å². The van der Waals surface area contributed by atoms with Gasteiger partial charge in [0.15, 0.2) is 15.0 Å². The highest BCUT2D eigenvalue weighted by Gasteiger charge is 2.42. The predicted octanol–water partition coefficient (Wildman–Crippen LogP) is 4.21. The van der Waals surface area contributed by atoms with Gasteiger partial charge in [0, 0.05) is 29.6 Å². The number of aliphatic imine (C=N–C) groups is 1. The number of benzene rings is 3. The number of nitrogens with zero attached hydrogens (tertiary/aromatic N) is 2. The number of amidine groups is 1. The third kappa shape index (κ3) is 5.34. The highest BCUT2D eigenvalue weighted by Crippen LogP contribution is 2.34. The molecule has 2 aliphatic heterocycles. The number of nitrogens with one attached hydrogen (secondary N) is 1. The Labute approximate surface area is 204 Å². The largest absolute Gasteiger partial charge is 0.335 e. The fraction of sp³-hybridized carbons (Fsp3) is 0.231. The molecule has 0 saturated carbocycles. The summed E-state index contributed by atoms with van der Waals surface area (Å²) >= 11 is 1.47. The SMILES string of the molecule is O=C(c1cccc(NC2=N[C@@H]3CS(=O)(=O)C[C@H]3S2)c1)N(Cc1ccccc1)Cc1ccccc1. The van der Waals surface area contributed by atoms with Crippen molar-refractivity contribution in [1.29, 1.82) is 0 Å². The molecule has 0 aromatic heterocycles. The molecule has 0 unspecified atom stereocenters. The van der Waals surface area contributed by atoms with Gasteiger partial charge < -0.3 is 10.2 Å². The number of carbonyl (C=O) groups excluding carboxylic acids is 1. The van der Waals surface area contributed by atoms with E-state index in [0.29, 0.717) is 23.8 Å². The maximum absolute atomic E-state index is 13.6. The summed E-state index contributed by atoms with van der Waals surface area (Å²) in [6.07, 6.45) is 0. The topological polar surface area (TPSA) is 78.8 Å². The lowest BCUT2D eigenvalue weighted by molar-refractivity contribution is 0.0730. The first-order chi connectivity index (χ1) is 16.4. The number of hydrogen-bond donors (Lipinski definition) is 1. The van der Waals surface area contributed by atoms with Gasteiger partial charge in [-0.15, -0.1) is 0 Å². The molecular weight excluding hydrogens is 466 g/mol. The Bertz CT molecular complexity index is 1270. The van der Waals surface area contributed by atoms with E-state index in [0.717, 1.165) is 16.8 Å². The molecule has 0 bridgehead atoms. The average molecular weight is 492 g/mol. The normalized spacial score (nSPS) is 20.4. The second kappa shape index (κ2) is 9.64. The summed E-state index contributed by atoms with van der Waals surface area (Å²) in [5, 5.41) is 3.96. The van der Waals surface area contributed by atoms with E-state index in [-0.39, 0.29) is 28.7 Å². The molecule has 174 valence electrons. The molecule has 3 aromatic rings. The Kier molecular flexibility index (Phi) is 6.43. The monoisotopic (exact) mass is 491 g/mol. The summed E-state index contributed by atoms with van der Waals surface area (Å²) in [4.78, 5) is 20.0. The van der Waals surface area contributed by atoms with Gasteiger partial charge in [-0.2, -0.15) is 0 Å². The van der Waals surface area contributed by atoms with Crippen LogP contribution in [-0.4, -0.2) is 47.2 Å². The zero-order valence-corrected chi connectivity index (χ0v) is 20.1. The van der Waals surface area contributed by atoms with Crippen LogP contribution in [0.4, 0.5) is 5.69 Å². The van der Waals surface area contributed by atoms with Gasteiger partial charge in [0.25, 0.3) is 5.91 Å². The van der Waals surface area contributed by atoms with Gasteiger partial charge in [-0.1, -0.05) is 78.5 Å². The van der Waals surface area contributed by atoms with Crippen molar-refractivity contribution in [3.63, 3.8) is 0 Å². The standard InChI is InChI=1S/C26H25N3O3S2/c30-25(29(15-19-8-3-1-4-9-19)16-20-10-5-2-6-11-20)21-12-7-13-22(14-21)27-26-28-23-17-34(31,32)18-24(23)33-26/h1-14,23-24H,15-18H2,(H,27,28)/t23-,24-/m1/s1. The quantitative estimate of drug-likeness (QED) is 0.559. The summed E-state index contributed by atoms with van der Waals surface area (Å²) in [6, 6.07) is 27.2. The third-order valence-corrected chi connectivity index (χ3v) is 9.04. The molecule has 1 fully saturated rings. The molecule has 1 saturated heterocycles. The average Bonchev–Trinajstić information content (AvgIpc) is 3.32. The van der Waals surface area contributed by atoms with Crippen LogP contribution in [0.3, 0.4) is 0 Å². The van der Waals surface area contributed by atoms with Crippen LogP contribution in [0.5, 0.6) is 0 Å². The minimum atomic E-state index is -2.99. The fourth-order valence-electron chi connectivity index (χ4n) is 4.26. The Morgan fingerprint density at radius 1 is 0.912 bits per heavy atom. The van der Waals surface area contributed by atoms with Gasteiger partial charge in [0.2, 0.25) is 0 Å². The molecule has 0 aliphatic carbocycles. The van der Waals surface area contributed by atoms with Crippen LogP contribution in [-0.2, 0) is 22.9 Å². The Morgan fingerprint density at radius 3 is 2.18 bits per heavy atom. The minimum Gasteiger partial charge on any atom is -0.335 e. The predicted molar refractivity (Wildman–Crippen MR) is 138 cm³/mol. The van der Waals surface area contributed by atoms with Gasteiger partial charge in [0.1, 0.15) is 0 Å². The molecule has 1 amide bonds. The maximum atomic E-state index is 13.6. The fourth-order valence-corrected chi connectivity index (χ4v) is 7.94. The summed E-state index contributed by atoms with van der Waals surface area (Å²) in [7, 11) is -2.99. The van der Waals surface area contributed by atoms with E-state index in [1.165, 1.54) is 11.8 Å². The smallest absolute Gasteiger partial charge is 0.254 e. The summed E-state index contributed by atoms with van der Waals surface area (Å²) in [5.41, 5.74) is 3.49. The van der Waals surface area contributed by atoms with Crippen molar-refractivity contribution in [2.75, 3.05) is 16.8 Å². The number of carbonyl (C=O) groups is 1. The number of fused-ring (bicyclic) bond motifs is 1. The molecule has 1 N–H and O–H groups in total. The van der Waals surface area contributed by atoms with Gasteiger partial charge in [-0.05, 0) is 29.3 Å². The Hall–Kier alpha value is -3.10. The molecule has 2 aliphatic rings. The van der Waals surface area contributed by atoms with Gasteiger partial charge >= 0.3 is 0 Å². The van der Waals surface area contributed by atoms with Crippen LogP contribution in [0.15, 0.2) is 89.9 Å². The Morgan fingerprint density at radius 2 is 1.56 bits per heavy atom. The molecular formula is C26H25N3O3S2. The number of hydrogen-bond acceptors (Lipinski definition) is 6. The van der Waals surface area contributed by atoms with Crippen molar-refractivity contribution in [2.45, 2.75) is 24.4 Å². The van der Waals surface area contributed by atoms with Crippen LogP contribution in [0.1, 0.15) is 21.5 Å². The molecule has 8 heteroatoms. The van der Waals surface area contributed by atoms with E-state index in [2.05, 4.69) is 10.3 Å². The molecule has 0 radical (unpaired) electrons. The first-order valence-electron chi connectivity index (χ1n) is 11.1. The van der Waals surface area contributed by atoms with Crippen LogP contribution in [0.2, 0.25) is 0 Å². The highest BCUT2D eigenvalue weighted by atomic mass is 32.2. The van der Waals surface area contributed by atoms with Gasteiger partial charge in [0.05, 0.1) is 17.5 Å². The molecule has 34 heavy (non-hydrogen) atoms. The molecule has 2 atom stereocenters. The first kappa shape index (κ1) is 22.7. The molecule has 6 nitrogen and oxygen atoms in total. The van der Waals surface area contributed by atoms with E-state index < -0.39 is 9.84 Å². The van der Waals surface area contributed by atoms with Crippen LogP contribution in [0, 0.1) is 0 Å². The minimum absolute atomic E-state index is 0.0236. The summed E-state index contributed by atoms with van der Waals surface area (Å²) < 4.78 is 23.6. The number of anilines is 1. The van der Waals surface area contributed by atoms with Crippen molar-refractivity contribution in [2.24, 2.45) is 4.99 Å². The number of amides is 1. The van der Waals surface area contributed by atoms with Crippen molar-refractivity contribution < 1.29 is 13.2 Å². The van der Waals surface area contributed by atoms with E-state index in [1.807, 2.05) is 89.8 Å². The lowest BCUT2D eigenvalue weighted by Crippen LogP contribution is -2.30. The lowest BCUT2D eigenvalue weighted by Gasteiger charge is -2.23. The molecule has 3 aromatic carbocycles. The van der Waals surface area contributed by atoms with E-state index >= 15 is 0 Å². The number of thioether (sulfide) groups is 1. The summed E-state index contributed by atoms with van der Waals surface area (Å²) in [5.74, 6) is 0.228. The van der Waals surface area contributed by atoms with E-state index in [9.17, 15) is 13.2 Å². The van der Waals surface area contributed by atoms with Gasteiger partial charge in [-0.25, -0.2) is 8.42 Å². The van der Waals surface area contributed by atoms with E-state index in [1.54, 1.807) is 0 Å². The van der Waals surface area contributed by atoms with E-state index in [4.69, 9.17) is 0 Å². The second-order valence-electron chi connectivity index (χ2n) is 8.57.